The number of amides is 2. The molecule has 4 N–H and O–H groups in total. The molecule has 0 radical (unpaired) electrons. The van der Waals surface area contributed by atoms with Gasteiger partial charge in [-0.2, -0.15) is 0 Å². The highest BCUT2D eigenvalue weighted by molar-refractivity contribution is 6.34. The van der Waals surface area contributed by atoms with Crippen LogP contribution in [0.15, 0.2) is 0 Å². The Morgan fingerprint density at radius 1 is 0.722 bits per heavy atom. The zero-order valence-corrected chi connectivity index (χ0v) is 10.8. The Morgan fingerprint density at radius 3 is 1.22 bits per heavy atom. The first-order valence-electron chi connectivity index (χ1n) is 5.38. The predicted molar refractivity (Wildman–Crippen MR) is 62.8 cm³/mol. The number of hydrogen-bond donors (Lipinski definition) is 4. The molecule has 0 aromatic heterocycles. The van der Waals surface area contributed by atoms with E-state index >= 15 is 0 Å². The fourth-order valence-electron chi connectivity index (χ4n) is 0.664. The monoisotopic (exact) mass is 258 g/mol. The van der Waals surface area contributed by atoms with Gasteiger partial charge in [-0.15, -0.1) is 0 Å². The number of hydrogen-bond acceptors (Lipinski definition) is 6. The van der Waals surface area contributed by atoms with Gasteiger partial charge in [0.25, 0.3) is 0 Å². The van der Waals surface area contributed by atoms with Crippen molar-refractivity contribution in [3.63, 3.8) is 0 Å². The van der Waals surface area contributed by atoms with Crippen molar-refractivity contribution in [2.75, 3.05) is 0 Å². The largest absolute Gasteiger partial charge is 0.324 e. The Bertz CT molecular complexity index is 322. The van der Waals surface area contributed by atoms with Gasteiger partial charge in [-0.1, -0.05) is 0 Å². The van der Waals surface area contributed by atoms with Crippen LogP contribution in [0, 0.1) is 0 Å². The Labute approximate surface area is 105 Å². The van der Waals surface area contributed by atoms with E-state index in [4.69, 9.17) is 0 Å². The lowest BCUT2D eigenvalue weighted by molar-refractivity contribution is -0.141. The maximum Gasteiger partial charge on any atom is 0.324 e. The highest BCUT2D eigenvalue weighted by atomic mass is 16.2. The van der Waals surface area contributed by atoms with Gasteiger partial charge >= 0.3 is 11.8 Å². The average Bonchev–Trinajstić information content (AvgIpc) is 2.31. The van der Waals surface area contributed by atoms with Crippen LogP contribution in [0.4, 0.5) is 0 Å². The Balaban J connectivity index is 4.01. The number of nitrogens with one attached hydrogen (secondary N) is 4. The van der Waals surface area contributed by atoms with Gasteiger partial charge in [-0.05, 0) is 27.7 Å². The number of hydrazine groups is 2. The molecule has 8 nitrogen and oxygen atoms in total. The summed E-state index contributed by atoms with van der Waals surface area (Å²) in [5, 5.41) is 0. The molecule has 0 aliphatic carbocycles. The highest BCUT2D eigenvalue weighted by Gasteiger charge is 2.16. The van der Waals surface area contributed by atoms with E-state index in [9.17, 15) is 19.2 Å². The minimum absolute atomic E-state index is 0.181. The first kappa shape index (κ1) is 16.2. The molecule has 0 saturated carbocycles. The molecule has 2 unspecified atom stereocenters. The second-order valence-corrected chi connectivity index (χ2v) is 3.86. The Kier molecular flexibility index (Phi) is 6.76. The summed E-state index contributed by atoms with van der Waals surface area (Å²) >= 11 is 0. The second kappa shape index (κ2) is 7.51. The van der Waals surface area contributed by atoms with E-state index < -0.39 is 23.9 Å². The number of ketones is 2. The molecule has 0 heterocycles. The van der Waals surface area contributed by atoms with Crippen molar-refractivity contribution in [1.29, 1.82) is 0 Å². The summed E-state index contributed by atoms with van der Waals surface area (Å²) < 4.78 is 0. The van der Waals surface area contributed by atoms with Gasteiger partial charge in [-0.25, -0.2) is 10.9 Å². The molecule has 0 bridgehead atoms. The quantitative estimate of drug-likeness (QED) is 0.329. The van der Waals surface area contributed by atoms with Crippen molar-refractivity contribution in [2.45, 2.75) is 39.8 Å². The van der Waals surface area contributed by atoms with Gasteiger partial charge in [0.1, 0.15) is 11.6 Å². The zero-order chi connectivity index (χ0) is 14.3. The maximum atomic E-state index is 11.2. The lowest BCUT2D eigenvalue weighted by atomic mass is 10.2. The molecule has 8 heteroatoms. The Morgan fingerprint density at radius 2 is 1.00 bits per heavy atom. The molecule has 0 spiro atoms. The summed E-state index contributed by atoms with van der Waals surface area (Å²) in [5.41, 5.74) is 8.88. The van der Waals surface area contributed by atoms with Gasteiger partial charge in [0, 0.05) is 0 Å². The Hall–Kier alpha value is -1.80. The van der Waals surface area contributed by atoms with Crippen LogP contribution in [0.2, 0.25) is 0 Å². The second-order valence-electron chi connectivity index (χ2n) is 3.86. The van der Waals surface area contributed by atoms with Crippen LogP contribution in [0.25, 0.3) is 0 Å². The topological polar surface area (TPSA) is 116 Å². The van der Waals surface area contributed by atoms with Crippen molar-refractivity contribution < 1.29 is 19.2 Å². The van der Waals surface area contributed by atoms with Crippen molar-refractivity contribution in [2.24, 2.45) is 0 Å². The summed E-state index contributed by atoms with van der Waals surface area (Å²) in [4.78, 5) is 44.2. The summed E-state index contributed by atoms with van der Waals surface area (Å²) in [7, 11) is 0. The van der Waals surface area contributed by atoms with Gasteiger partial charge < -0.3 is 0 Å². The summed E-state index contributed by atoms with van der Waals surface area (Å²) in [6, 6.07) is -1.18. The van der Waals surface area contributed by atoms with E-state index in [0.29, 0.717) is 0 Å². The summed E-state index contributed by atoms with van der Waals surface area (Å²) in [6.45, 7) is 5.77. The van der Waals surface area contributed by atoms with E-state index in [0.717, 1.165) is 0 Å². The maximum absolute atomic E-state index is 11.2. The molecule has 0 aliphatic rings. The molecule has 0 fully saturated rings. The standard InChI is InChI=1S/C10H18N4O4/c1-5(7(3)15)11-13-9(17)10(18)14-12-6(2)8(4)16/h5-6,11-12H,1-4H3,(H,13,17)(H,14,18). The van der Waals surface area contributed by atoms with Crippen molar-refractivity contribution in [3.05, 3.63) is 0 Å². The van der Waals surface area contributed by atoms with Gasteiger partial charge in [-0.3, -0.25) is 30.0 Å². The van der Waals surface area contributed by atoms with E-state index in [1.807, 2.05) is 0 Å². The third kappa shape index (κ3) is 6.06. The zero-order valence-electron chi connectivity index (χ0n) is 10.8. The molecule has 2 atom stereocenters. The van der Waals surface area contributed by atoms with Crippen LogP contribution in [0.3, 0.4) is 0 Å². The van der Waals surface area contributed by atoms with E-state index in [1.54, 1.807) is 0 Å². The molecule has 0 saturated heterocycles. The van der Waals surface area contributed by atoms with Crippen molar-refractivity contribution in [1.82, 2.24) is 21.7 Å². The molecular weight excluding hydrogens is 240 g/mol. The van der Waals surface area contributed by atoms with Crippen molar-refractivity contribution >= 4 is 23.4 Å². The molecule has 2 amide bonds. The third-order valence-electron chi connectivity index (χ3n) is 2.23. The molecular formula is C10H18N4O4. The lowest BCUT2D eigenvalue weighted by Crippen LogP contribution is -2.55. The molecule has 0 aliphatic heterocycles. The third-order valence-corrected chi connectivity index (χ3v) is 2.23. The number of Topliss-reactive ketones (excluding diaryl/α,β-unsaturated/α-hetero) is 2. The highest BCUT2D eigenvalue weighted by Crippen LogP contribution is 1.81. The van der Waals surface area contributed by atoms with Crippen molar-refractivity contribution in [3.8, 4) is 0 Å². The first-order valence-corrected chi connectivity index (χ1v) is 5.38. The van der Waals surface area contributed by atoms with Crippen LogP contribution in [-0.2, 0) is 19.2 Å². The van der Waals surface area contributed by atoms with Crippen LogP contribution in [-0.4, -0.2) is 35.5 Å². The van der Waals surface area contributed by atoms with Crippen LogP contribution < -0.4 is 21.7 Å². The minimum atomic E-state index is -0.966. The van der Waals surface area contributed by atoms with E-state index in [2.05, 4.69) is 21.7 Å². The van der Waals surface area contributed by atoms with Crippen LogP contribution in [0.5, 0.6) is 0 Å². The van der Waals surface area contributed by atoms with Gasteiger partial charge in [0.05, 0.1) is 12.1 Å². The molecule has 0 rings (SSSR count). The average molecular weight is 258 g/mol. The SMILES string of the molecule is CC(=O)C(C)NNC(=O)C(=O)NNC(C)C(C)=O. The van der Waals surface area contributed by atoms with Crippen LogP contribution in [0.1, 0.15) is 27.7 Å². The van der Waals surface area contributed by atoms with E-state index in [1.165, 1.54) is 27.7 Å². The lowest BCUT2D eigenvalue weighted by Gasteiger charge is -2.13. The fourth-order valence-corrected chi connectivity index (χ4v) is 0.664. The first-order chi connectivity index (χ1) is 8.25. The number of carbonyl (C=O) groups excluding carboxylic acids is 4. The fraction of sp³-hybridized carbons (Fsp3) is 0.600. The number of rotatable bonds is 6. The normalized spacial score (nSPS) is 13.3. The summed E-state index contributed by atoms with van der Waals surface area (Å²) in [5.74, 6) is -2.30. The molecule has 0 aromatic rings. The number of carbonyl (C=O) groups is 4. The van der Waals surface area contributed by atoms with E-state index in [-0.39, 0.29) is 11.6 Å². The van der Waals surface area contributed by atoms with Gasteiger partial charge in [0.2, 0.25) is 0 Å². The predicted octanol–water partition coefficient (Wildman–Crippen LogP) is -1.82. The summed E-state index contributed by atoms with van der Waals surface area (Å²) in [6.07, 6.45) is 0. The molecule has 0 aromatic carbocycles. The molecule has 18 heavy (non-hydrogen) atoms. The minimum Gasteiger partial charge on any atom is -0.298 e. The van der Waals surface area contributed by atoms with Crippen LogP contribution >= 0.6 is 0 Å². The molecule has 102 valence electrons. The van der Waals surface area contributed by atoms with Gasteiger partial charge in [0.15, 0.2) is 0 Å². The smallest absolute Gasteiger partial charge is 0.298 e.